The lowest BCUT2D eigenvalue weighted by molar-refractivity contribution is -0.124. The quantitative estimate of drug-likeness (QED) is 0.514. The van der Waals surface area contributed by atoms with Gasteiger partial charge in [0.05, 0.1) is 6.10 Å². The summed E-state index contributed by atoms with van der Waals surface area (Å²) in [6.07, 6.45) is -3.71. The summed E-state index contributed by atoms with van der Waals surface area (Å²) < 4.78 is 0. The highest BCUT2D eigenvalue weighted by atomic mass is 32.2. The zero-order valence-electron chi connectivity index (χ0n) is 8.46. The lowest BCUT2D eigenvalue weighted by atomic mass is 10.1. The monoisotopic (exact) mass is 222 g/mol. The molecular formula is C9H18O4S. The second-order valence-electron chi connectivity index (χ2n) is 3.62. The van der Waals surface area contributed by atoms with E-state index < -0.39 is 18.3 Å². The van der Waals surface area contributed by atoms with Crippen molar-refractivity contribution in [2.75, 3.05) is 11.5 Å². The third-order valence-electron chi connectivity index (χ3n) is 1.62. The topological polar surface area (TPSA) is 77.8 Å². The van der Waals surface area contributed by atoms with Crippen LogP contribution in [0.25, 0.3) is 0 Å². The Kier molecular flexibility index (Phi) is 7.17. The summed E-state index contributed by atoms with van der Waals surface area (Å²) in [5, 5.41) is 27.5. The van der Waals surface area contributed by atoms with Crippen molar-refractivity contribution >= 4 is 18.0 Å². The minimum absolute atomic E-state index is 0.223. The molecule has 0 spiro atoms. The molecule has 14 heavy (non-hydrogen) atoms. The second-order valence-corrected chi connectivity index (χ2v) is 4.69. The van der Waals surface area contributed by atoms with Crippen molar-refractivity contribution in [3.8, 4) is 0 Å². The molecule has 0 aromatic carbocycles. The zero-order chi connectivity index (χ0) is 11.1. The Morgan fingerprint density at radius 3 is 2.21 bits per heavy atom. The van der Waals surface area contributed by atoms with Gasteiger partial charge in [-0.2, -0.15) is 11.8 Å². The number of hydrogen-bond donors (Lipinski definition) is 3. The molecule has 0 radical (unpaired) electrons. The molecule has 3 unspecified atom stereocenters. The molecule has 0 fully saturated rings. The first-order chi connectivity index (χ1) is 6.49. The van der Waals surface area contributed by atoms with Crippen molar-refractivity contribution in [2.45, 2.75) is 32.2 Å². The van der Waals surface area contributed by atoms with E-state index >= 15 is 0 Å². The maximum Gasteiger partial charge on any atom is 0.151 e. The van der Waals surface area contributed by atoms with Gasteiger partial charge in [0.25, 0.3) is 0 Å². The van der Waals surface area contributed by atoms with Crippen LogP contribution in [-0.2, 0) is 4.79 Å². The van der Waals surface area contributed by atoms with Crippen LogP contribution in [0.2, 0.25) is 0 Å². The number of rotatable bonds is 7. The number of thioether (sulfide) groups is 1. The number of aldehydes is 1. The van der Waals surface area contributed by atoms with Gasteiger partial charge in [-0.1, -0.05) is 13.8 Å². The SMILES string of the molecule is CC(C)CSCC(O)C(O)C(O)C=O. The van der Waals surface area contributed by atoms with E-state index in [-0.39, 0.29) is 6.29 Å². The minimum Gasteiger partial charge on any atom is -0.389 e. The van der Waals surface area contributed by atoms with Gasteiger partial charge in [0.2, 0.25) is 0 Å². The van der Waals surface area contributed by atoms with E-state index in [2.05, 4.69) is 13.8 Å². The molecule has 0 rings (SSSR count). The number of carbonyl (C=O) groups excluding carboxylic acids is 1. The van der Waals surface area contributed by atoms with Gasteiger partial charge in [0, 0.05) is 5.75 Å². The molecule has 84 valence electrons. The van der Waals surface area contributed by atoms with E-state index in [9.17, 15) is 15.0 Å². The molecule has 0 aromatic heterocycles. The molecule has 3 N–H and O–H groups in total. The third kappa shape index (κ3) is 5.59. The second kappa shape index (κ2) is 7.23. The predicted octanol–water partition coefficient (Wildman–Crippen LogP) is -0.343. The van der Waals surface area contributed by atoms with Gasteiger partial charge in [0.15, 0.2) is 6.29 Å². The van der Waals surface area contributed by atoms with Crippen LogP contribution < -0.4 is 0 Å². The first kappa shape index (κ1) is 13.9. The standard InChI is InChI=1S/C9H18O4S/c1-6(2)4-14-5-8(12)9(13)7(11)3-10/h3,6-9,11-13H,4-5H2,1-2H3. The summed E-state index contributed by atoms with van der Waals surface area (Å²) in [5.41, 5.74) is 0. The van der Waals surface area contributed by atoms with Gasteiger partial charge < -0.3 is 20.1 Å². The minimum atomic E-state index is -1.50. The van der Waals surface area contributed by atoms with Crippen LogP contribution in [0.1, 0.15) is 13.8 Å². The van der Waals surface area contributed by atoms with Crippen LogP contribution in [0.5, 0.6) is 0 Å². The van der Waals surface area contributed by atoms with Crippen LogP contribution in [0, 0.1) is 5.92 Å². The molecule has 0 heterocycles. The van der Waals surface area contributed by atoms with Gasteiger partial charge in [-0.05, 0) is 11.7 Å². The van der Waals surface area contributed by atoms with Crippen LogP contribution in [0.15, 0.2) is 0 Å². The van der Waals surface area contributed by atoms with Crippen molar-refractivity contribution in [3.05, 3.63) is 0 Å². The fraction of sp³-hybridized carbons (Fsp3) is 0.889. The smallest absolute Gasteiger partial charge is 0.151 e. The molecule has 5 heteroatoms. The van der Waals surface area contributed by atoms with Crippen LogP contribution in [0.3, 0.4) is 0 Å². The number of aliphatic hydroxyl groups is 3. The summed E-state index contributed by atoms with van der Waals surface area (Å²) in [7, 11) is 0. The van der Waals surface area contributed by atoms with E-state index in [0.29, 0.717) is 11.7 Å². The van der Waals surface area contributed by atoms with Crippen molar-refractivity contribution in [3.63, 3.8) is 0 Å². The summed E-state index contributed by atoms with van der Waals surface area (Å²) in [6, 6.07) is 0. The van der Waals surface area contributed by atoms with Gasteiger partial charge in [-0.3, -0.25) is 0 Å². The Hall–Kier alpha value is -0.100. The van der Waals surface area contributed by atoms with Gasteiger partial charge >= 0.3 is 0 Å². The van der Waals surface area contributed by atoms with Crippen molar-refractivity contribution in [2.24, 2.45) is 5.92 Å². The lowest BCUT2D eigenvalue weighted by Gasteiger charge is -2.19. The maximum absolute atomic E-state index is 10.1. The first-order valence-electron chi connectivity index (χ1n) is 4.56. The average Bonchev–Trinajstić information content (AvgIpc) is 2.14. The Morgan fingerprint density at radius 2 is 1.79 bits per heavy atom. The van der Waals surface area contributed by atoms with E-state index in [4.69, 9.17) is 5.11 Å². The third-order valence-corrected chi connectivity index (χ3v) is 3.10. The molecule has 0 amide bonds. The van der Waals surface area contributed by atoms with E-state index in [0.717, 1.165) is 5.75 Å². The van der Waals surface area contributed by atoms with E-state index in [1.165, 1.54) is 11.8 Å². The van der Waals surface area contributed by atoms with Crippen molar-refractivity contribution in [1.82, 2.24) is 0 Å². The maximum atomic E-state index is 10.1. The lowest BCUT2D eigenvalue weighted by Crippen LogP contribution is -2.39. The van der Waals surface area contributed by atoms with E-state index in [1.807, 2.05) is 0 Å². The molecule has 0 saturated carbocycles. The van der Waals surface area contributed by atoms with Crippen LogP contribution >= 0.6 is 11.8 Å². The number of aliphatic hydroxyl groups excluding tert-OH is 3. The largest absolute Gasteiger partial charge is 0.389 e. The van der Waals surface area contributed by atoms with Crippen molar-refractivity contribution in [1.29, 1.82) is 0 Å². The molecular weight excluding hydrogens is 204 g/mol. The summed E-state index contributed by atoms with van der Waals surface area (Å²) in [4.78, 5) is 10.1. The van der Waals surface area contributed by atoms with Crippen molar-refractivity contribution < 1.29 is 20.1 Å². The molecule has 4 nitrogen and oxygen atoms in total. The summed E-state index contributed by atoms with van der Waals surface area (Å²) >= 11 is 1.49. The molecule has 0 bridgehead atoms. The van der Waals surface area contributed by atoms with E-state index in [1.54, 1.807) is 0 Å². The predicted molar refractivity (Wildman–Crippen MR) is 56.2 cm³/mol. The molecule has 0 aliphatic rings. The first-order valence-corrected chi connectivity index (χ1v) is 5.71. The summed E-state index contributed by atoms with van der Waals surface area (Å²) in [6.45, 7) is 4.10. The Morgan fingerprint density at radius 1 is 1.21 bits per heavy atom. The Balaban J connectivity index is 3.72. The highest BCUT2D eigenvalue weighted by Gasteiger charge is 2.23. The molecule has 0 aliphatic carbocycles. The molecule has 0 saturated heterocycles. The number of hydrogen-bond acceptors (Lipinski definition) is 5. The molecule has 0 aliphatic heterocycles. The number of carbonyl (C=O) groups is 1. The highest BCUT2D eigenvalue weighted by Crippen LogP contribution is 2.11. The Labute approximate surface area is 88.3 Å². The Bertz CT molecular complexity index is 163. The fourth-order valence-corrected chi connectivity index (χ4v) is 1.88. The average molecular weight is 222 g/mol. The normalized spacial score (nSPS) is 17.9. The van der Waals surface area contributed by atoms with Crippen LogP contribution in [0.4, 0.5) is 0 Å². The highest BCUT2D eigenvalue weighted by molar-refractivity contribution is 7.99. The van der Waals surface area contributed by atoms with Gasteiger partial charge in [-0.15, -0.1) is 0 Å². The fourth-order valence-electron chi connectivity index (χ4n) is 0.831. The molecule has 0 aromatic rings. The summed E-state index contributed by atoms with van der Waals surface area (Å²) in [5.74, 6) is 1.71. The molecule has 3 atom stereocenters. The van der Waals surface area contributed by atoms with Crippen LogP contribution in [-0.4, -0.2) is 51.4 Å². The van der Waals surface area contributed by atoms with Gasteiger partial charge in [-0.25, -0.2) is 0 Å². The van der Waals surface area contributed by atoms with Gasteiger partial charge in [0.1, 0.15) is 12.2 Å². The zero-order valence-corrected chi connectivity index (χ0v) is 9.28.